The van der Waals surface area contributed by atoms with Crippen LogP contribution in [0, 0.1) is 5.92 Å². The van der Waals surface area contributed by atoms with Gasteiger partial charge in [0, 0.05) is 24.2 Å². The lowest BCUT2D eigenvalue weighted by Crippen LogP contribution is -2.48. The fraction of sp³-hybridized carbons (Fsp3) is 0.318. The zero-order valence-corrected chi connectivity index (χ0v) is 16.2. The predicted octanol–water partition coefficient (Wildman–Crippen LogP) is 3.78. The normalized spacial score (nSPS) is 18.2. The zero-order chi connectivity index (χ0) is 20.3. The van der Waals surface area contributed by atoms with Gasteiger partial charge in [0.25, 0.3) is 5.91 Å². The largest absolute Gasteiger partial charge is 0.445 e. The summed E-state index contributed by atoms with van der Waals surface area (Å²) in [7, 11) is 0. The van der Waals surface area contributed by atoms with Gasteiger partial charge in [0.15, 0.2) is 5.60 Å². The number of anilines is 2. The number of esters is 1. The number of fused-ring (bicyclic) bond motifs is 1. The molecule has 146 valence electrons. The lowest BCUT2D eigenvalue weighted by molar-refractivity contribution is -0.134. The minimum absolute atomic E-state index is 0.0490. The smallest absolute Gasteiger partial charge is 0.339 e. The van der Waals surface area contributed by atoms with Crippen molar-refractivity contribution in [3.05, 3.63) is 59.7 Å². The Labute approximate surface area is 164 Å². The molecule has 3 rings (SSSR count). The minimum atomic E-state index is -1.28. The van der Waals surface area contributed by atoms with E-state index in [1.54, 1.807) is 43.3 Å². The number of cyclic esters (lactones) is 1. The standard InChI is InChI=1S/C22H24N2O4/c1-14(2)12-19(25)23-16-8-10-17(11-9-16)24-21(27)22(3)13-15-6-4-5-7-18(15)20(26)28-22/h4-11,14H,12-13H2,1-3H3,(H,23,25)(H,24,27). The second-order valence-corrected chi connectivity index (χ2v) is 7.63. The van der Waals surface area contributed by atoms with Crippen LogP contribution >= 0.6 is 0 Å². The summed E-state index contributed by atoms with van der Waals surface area (Å²) in [6, 6.07) is 14.0. The highest BCUT2D eigenvalue weighted by atomic mass is 16.6. The lowest BCUT2D eigenvalue weighted by atomic mass is 9.89. The van der Waals surface area contributed by atoms with Gasteiger partial charge >= 0.3 is 5.97 Å². The topological polar surface area (TPSA) is 84.5 Å². The molecule has 0 fully saturated rings. The first-order valence-corrected chi connectivity index (χ1v) is 9.29. The van der Waals surface area contributed by atoms with Crippen LogP contribution in [0.5, 0.6) is 0 Å². The van der Waals surface area contributed by atoms with Gasteiger partial charge < -0.3 is 15.4 Å². The molecule has 1 atom stereocenters. The number of ether oxygens (including phenoxy) is 1. The van der Waals surface area contributed by atoms with Gasteiger partial charge in [-0.15, -0.1) is 0 Å². The number of carbonyl (C=O) groups is 3. The van der Waals surface area contributed by atoms with Crippen LogP contribution in [-0.4, -0.2) is 23.4 Å². The number of amides is 2. The first-order valence-electron chi connectivity index (χ1n) is 9.29. The Balaban J connectivity index is 1.66. The van der Waals surface area contributed by atoms with Gasteiger partial charge in [0.2, 0.25) is 5.91 Å². The van der Waals surface area contributed by atoms with E-state index >= 15 is 0 Å². The Morgan fingerprint density at radius 1 is 1.04 bits per heavy atom. The number of carbonyl (C=O) groups excluding carboxylic acids is 3. The molecule has 1 heterocycles. The summed E-state index contributed by atoms with van der Waals surface area (Å²) in [5, 5.41) is 5.61. The van der Waals surface area contributed by atoms with E-state index in [-0.39, 0.29) is 11.8 Å². The van der Waals surface area contributed by atoms with E-state index < -0.39 is 17.5 Å². The summed E-state index contributed by atoms with van der Waals surface area (Å²) in [6.45, 7) is 5.57. The van der Waals surface area contributed by atoms with Gasteiger partial charge in [0.1, 0.15) is 0 Å². The maximum absolute atomic E-state index is 12.8. The van der Waals surface area contributed by atoms with Crippen molar-refractivity contribution in [2.45, 2.75) is 39.2 Å². The van der Waals surface area contributed by atoms with E-state index in [0.29, 0.717) is 29.8 Å². The highest BCUT2D eigenvalue weighted by molar-refractivity contribution is 6.02. The molecule has 6 nitrogen and oxygen atoms in total. The van der Waals surface area contributed by atoms with E-state index in [0.717, 1.165) is 5.56 Å². The SMILES string of the molecule is CC(C)CC(=O)Nc1ccc(NC(=O)C2(C)Cc3ccccc3C(=O)O2)cc1. The molecule has 1 aliphatic heterocycles. The van der Waals surface area contributed by atoms with Crippen LogP contribution in [0.3, 0.4) is 0 Å². The summed E-state index contributed by atoms with van der Waals surface area (Å²) in [5.74, 6) is -0.663. The summed E-state index contributed by atoms with van der Waals surface area (Å²) >= 11 is 0. The van der Waals surface area contributed by atoms with Crippen molar-refractivity contribution in [3.8, 4) is 0 Å². The number of rotatable bonds is 5. The Morgan fingerprint density at radius 2 is 1.64 bits per heavy atom. The van der Waals surface area contributed by atoms with Crippen molar-refractivity contribution in [2.24, 2.45) is 5.92 Å². The third-order valence-electron chi connectivity index (χ3n) is 4.58. The Morgan fingerprint density at radius 3 is 2.29 bits per heavy atom. The van der Waals surface area contributed by atoms with Crippen molar-refractivity contribution >= 4 is 29.2 Å². The summed E-state index contributed by atoms with van der Waals surface area (Å²) in [6.07, 6.45) is 0.758. The van der Waals surface area contributed by atoms with Crippen LogP contribution in [0.2, 0.25) is 0 Å². The van der Waals surface area contributed by atoms with E-state index in [4.69, 9.17) is 4.74 Å². The molecular weight excluding hydrogens is 356 g/mol. The Bertz CT molecular complexity index is 905. The molecule has 28 heavy (non-hydrogen) atoms. The molecule has 0 aliphatic carbocycles. The van der Waals surface area contributed by atoms with E-state index in [2.05, 4.69) is 10.6 Å². The minimum Gasteiger partial charge on any atom is -0.445 e. The maximum atomic E-state index is 12.8. The van der Waals surface area contributed by atoms with Crippen molar-refractivity contribution in [1.29, 1.82) is 0 Å². The molecule has 1 aliphatic rings. The number of benzene rings is 2. The second-order valence-electron chi connectivity index (χ2n) is 7.63. The molecule has 0 bridgehead atoms. The van der Waals surface area contributed by atoms with Crippen LogP contribution in [-0.2, 0) is 20.7 Å². The fourth-order valence-electron chi connectivity index (χ4n) is 3.14. The maximum Gasteiger partial charge on any atom is 0.339 e. The van der Waals surface area contributed by atoms with Crippen molar-refractivity contribution in [2.75, 3.05) is 10.6 Å². The van der Waals surface area contributed by atoms with Crippen LogP contribution < -0.4 is 10.6 Å². The highest BCUT2D eigenvalue weighted by Gasteiger charge is 2.42. The zero-order valence-electron chi connectivity index (χ0n) is 16.2. The molecule has 0 radical (unpaired) electrons. The van der Waals surface area contributed by atoms with Crippen molar-refractivity contribution in [1.82, 2.24) is 0 Å². The van der Waals surface area contributed by atoms with Crippen molar-refractivity contribution in [3.63, 3.8) is 0 Å². The third kappa shape index (κ3) is 4.39. The van der Waals surface area contributed by atoms with Gasteiger partial charge in [-0.05, 0) is 48.7 Å². The second kappa shape index (κ2) is 7.84. The molecule has 0 saturated carbocycles. The lowest BCUT2D eigenvalue weighted by Gasteiger charge is -2.33. The monoisotopic (exact) mass is 380 g/mol. The summed E-state index contributed by atoms with van der Waals surface area (Å²) in [4.78, 5) is 36.8. The number of hydrogen-bond donors (Lipinski definition) is 2. The van der Waals surface area contributed by atoms with Gasteiger partial charge in [-0.25, -0.2) is 4.79 Å². The fourth-order valence-corrected chi connectivity index (χ4v) is 3.14. The highest BCUT2D eigenvalue weighted by Crippen LogP contribution is 2.29. The molecule has 1 unspecified atom stereocenters. The molecule has 0 saturated heterocycles. The van der Waals surface area contributed by atoms with Crippen LogP contribution in [0.15, 0.2) is 48.5 Å². The molecular formula is C22H24N2O4. The average Bonchev–Trinajstić information content (AvgIpc) is 2.62. The number of hydrogen-bond acceptors (Lipinski definition) is 4. The van der Waals surface area contributed by atoms with E-state index in [1.165, 1.54) is 0 Å². The van der Waals surface area contributed by atoms with Crippen LogP contribution in [0.1, 0.15) is 43.1 Å². The van der Waals surface area contributed by atoms with E-state index in [1.807, 2.05) is 26.0 Å². The third-order valence-corrected chi connectivity index (χ3v) is 4.58. The van der Waals surface area contributed by atoms with E-state index in [9.17, 15) is 14.4 Å². The first-order chi connectivity index (χ1) is 13.3. The summed E-state index contributed by atoms with van der Waals surface area (Å²) in [5.41, 5.74) is 1.22. The van der Waals surface area contributed by atoms with Crippen LogP contribution in [0.4, 0.5) is 11.4 Å². The molecule has 2 N–H and O–H groups in total. The predicted molar refractivity (Wildman–Crippen MR) is 107 cm³/mol. The van der Waals surface area contributed by atoms with Crippen molar-refractivity contribution < 1.29 is 19.1 Å². The number of nitrogens with one attached hydrogen (secondary N) is 2. The quantitative estimate of drug-likeness (QED) is 0.773. The Hall–Kier alpha value is -3.15. The molecule has 0 aromatic heterocycles. The molecule has 2 aromatic rings. The van der Waals surface area contributed by atoms with Gasteiger partial charge in [-0.1, -0.05) is 32.0 Å². The van der Waals surface area contributed by atoms with Gasteiger partial charge in [-0.2, -0.15) is 0 Å². The average molecular weight is 380 g/mol. The molecule has 0 spiro atoms. The van der Waals surface area contributed by atoms with Gasteiger partial charge in [0.05, 0.1) is 5.56 Å². The molecule has 2 aromatic carbocycles. The van der Waals surface area contributed by atoms with Gasteiger partial charge in [-0.3, -0.25) is 9.59 Å². The first kappa shape index (κ1) is 19.6. The summed E-state index contributed by atoms with van der Waals surface area (Å²) < 4.78 is 5.44. The molecule has 6 heteroatoms. The molecule has 2 amide bonds. The van der Waals surface area contributed by atoms with Crippen LogP contribution in [0.25, 0.3) is 0 Å². The Kier molecular flexibility index (Phi) is 5.49.